The summed E-state index contributed by atoms with van der Waals surface area (Å²) in [5.74, 6) is 1.48. The third-order valence-corrected chi connectivity index (χ3v) is 6.36. The Kier molecular flexibility index (Phi) is 6.60. The molecular formula is C26H24F3N5O3. The number of hydrogen-bond acceptors (Lipinski definition) is 6. The molecule has 5 rings (SSSR count). The Morgan fingerprint density at radius 1 is 1.14 bits per heavy atom. The maximum atomic E-state index is 12.9. The number of rotatable bonds is 6. The van der Waals surface area contributed by atoms with Crippen molar-refractivity contribution in [3.63, 3.8) is 0 Å². The zero-order valence-electron chi connectivity index (χ0n) is 19.7. The summed E-state index contributed by atoms with van der Waals surface area (Å²) >= 11 is 0. The summed E-state index contributed by atoms with van der Waals surface area (Å²) in [4.78, 5) is 6.27. The van der Waals surface area contributed by atoms with Gasteiger partial charge in [0, 0.05) is 18.5 Å². The molecule has 1 fully saturated rings. The second-order valence-electron chi connectivity index (χ2n) is 8.79. The monoisotopic (exact) mass is 511 g/mol. The number of hydrogen-bond donors (Lipinski definition) is 2. The summed E-state index contributed by atoms with van der Waals surface area (Å²) in [6, 6.07) is 16.3. The van der Waals surface area contributed by atoms with Gasteiger partial charge in [0.2, 0.25) is 17.7 Å². The lowest BCUT2D eigenvalue weighted by molar-refractivity contribution is -0.137. The van der Waals surface area contributed by atoms with Gasteiger partial charge in [0.1, 0.15) is 11.8 Å². The second-order valence-corrected chi connectivity index (χ2v) is 8.79. The number of ether oxygens (including phenoxy) is 1. The molecule has 3 N–H and O–H groups in total. The predicted octanol–water partition coefficient (Wildman–Crippen LogP) is 5.37. The molecule has 0 saturated carbocycles. The maximum absolute atomic E-state index is 12.9. The molecular weight excluding hydrogens is 487 g/mol. The number of aromatic nitrogens is 2. The number of benzene rings is 3. The zero-order chi connectivity index (χ0) is 26.0. The molecule has 1 atom stereocenters. The van der Waals surface area contributed by atoms with Crippen LogP contribution in [0.1, 0.15) is 35.9 Å². The van der Waals surface area contributed by atoms with Crippen LogP contribution in [0.3, 0.4) is 0 Å². The molecule has 0 spiro atoms. The highest BCUT2D eigenvalue weighted by molar-refractivity contribution is 5.87. The third-order valence-electron chi connectivity index (χ3n) is 6.36. The highest BCUT2D eigenvalue weighted by atomic mass is 19.4. The van der Waals surface area contributed by atoms with Crippen LogP contribution in [0.2, 0.25) is 0 Å². The lowest BCUT2D eigenvalue weighted by atomic mass is 10.1. The van der Waals surface area contributed by atoms with E-state index >= 15 is 0 Å². The molecule has 192 valence electrons. The molecule has 0 amide bonds. The highest BCUT2D eigenvalue weighted by Crippen LogP contribution is 2.33. The van der Waals surface area contributed by atoms with Gasteiger partial charge in [-0.2, -0.15) is 18.2 Å². The molecule has 4 aromatic rings. The fourth-order valence-electron chi connectivity index (χ4n) is 4.49. The summed E-state index contributed by atoms with van der Waals surface area (Å²) < 4.78 is 50.0. The minimum absolute atomic E-state index is 0.0146. The minimum Gasteiger partial charge on any atom is -0.493 e. The van der Waals surface area contributed by atoms with Gasteiger partial charge in [0.25, 0.3) is 0 Å². The van der Waals surface area contributed by atoms with E-state index in [0.29, 0.717) is 36.0 Å². The van der Waals surface area contributed by atoms with Crippen LogP contribution in [0.15, 0.2) is 70.3 Å². The van der Waals surface area contributed by atoms with E-state index < -0.39 is 11.7 Å². The molecule has 11 heteroatoms. The Bertz CT molecular complexity index is 1440. The first-order valence-corrected chi connectivity index (χ1v) is 11.7. The van der Waals surface area contributed by atoms with Crippen LogP contribution in [0.4, 0.5) is 13.2 Å². The van der Waals surface area contributed by atoms with Crippen molar-refractivity contribution in [2.24, 2.45) is 10.9 Å². The van der Waals surface area contributed by atoms with Gasteiger partial charge < -0.3 is 25.1 Å². The van der Waals surface area contributed by atoms with Gasteiger partial charge in [-0.3, -0.25) is 0 Å². The van der Waals surface area contributed by atoms with Gasteiger partial charge in [-0.05, 0) is 53.4 Å². The molecule has 1 aliphatic heterocycles. The third kappa shape index (κ3) is 5.30. The Morgan fingerprint density at radius 2 is 1.95 bits per heavy atom. The number of nitrogens with zero attached hydrogens (tertiary/aromatic N) is 4. The first-order valence-electron chi connectivity index (χ1n) is 11.7. The molecule has 0 radical (unpaired) electrons. The molecule has 1 aliphatic rings. The van der Waals surface area contributed by atoms with Crippen LogP contribution >= 0.6 is 0 Å². The highest BCUT2D eigenvalue weighted by Gasteiger charge is 2.32. The molecule has 0 unspecified atom stereocenters. The zero-order valence-corrected chi connectivity index (χ0v) is 19.7. The Balaban J connectivity index is 1.26. The summed E-state index contributed by atoms with van der Waals surface area (Å²) in [6.45, 7) is 0.888. The molecule has 3 aromatic carbocycles. The van der Waals surface area contributed by atoms with E-state index in [1.165, 1.54) is 6.07 Å². The smallest absolute Gasteiger partial charge is 0.416 e. The quantitative estimate of drug-likeness (QED) is 0.155. The van der Waals surface area contributed by atoms with Crippen LogP contribution in [-0.2, 0) is 12.6 Å². The van der Waals surface area contributed by atoms with Crippen LogP contribution in [0, 0.1) is 0 Å². The molecule has 0 bridgehead atoms. The van der Waals surface area contributed by atoms with E-state index in [-0.39, 0.29) is 18.6 Å². The molecule has 1 saturated heterocycles. The lowest BCUT2D eigenvalue weighted by Gasteiger charge is -2.21. The molecule has 37 heavy (non-hydrogen) atoms. The molecule has 1 aromatic heterocycles. The van der Waals surface area contributed by atoms with Crippen molar-refractivity contribution in [2.45, 2.75) is 31.5 Å². The number of halogens is 3. The number of alkyl halides is 3. The van der Waals surface area contributed by atoms with E-state index in [9.17, 15) is 13.2 Å². The van der Waals surface area contributed by atoms with Gasteiger partial charge in [-0.15, -0.1) is 0 Å². The van der Waals surface area contributed by atoms with Crippen molar-refractivity contribution in [3.05, 3.63) is 77.7 Å². The van der Waals surface area contributed by atoms with E-state index in [2.05, 4.69) is 15.3 Å². The van der Waals surface area contributed by atoms with E-state index in [1.54, 1.807) is 11.0 Å². The first-order chi connectivity index (χ1) is 17.8. The lowest BCUT2D eigenvalue weighted by Crippen LogP contribution is -2.36. The van der Waals surface area contributed by atoms with Crippen molar-refractivity contribution < 1.29 is 27.6 Å². The summed E-state index contributed by atoms with van der Waals surface area (Å²) in [6.07, 6.45) is -2.39. The largest absolute Gasteiger partial charge is 0.493 e. The number of nitrogens with two attached hydrogens (primary N) is 1. The number of fused-ring (bicyclic) bond motifs is 1. The van der Waals surface area contributed by atoms with Crippen LogP contribution in [-0.4, -0.2) is 39.4 Å². The second kappa shape index (κ2) is 10.00. The van der Waals surface area contributed by atoms with Crippen LogP contribution < -0.4 is 10.5 Å². The standard InChI is InChI=1S/C26H24F3N5O3/c27-26(28,29)20-4-1-3-16(13-20)10-12-36-21-9-8-17-14-19(7-6-18(17)15-21)23-31-24(37-33-23)22-5-2-11-34(22)25(30)32-35/h1,3-4,6-9,13-15,22,35H,2,5,10-12H2,(H2,30,32)/t22-/m0/s1. The van der Waals surface area contributed by atoms with Crippen LogP contribution in [0.25, 0.3) is 22.2 Å². The Hall–Kier alpha value is -4.28. The predicted molar refractivity (Wildman–Crippen MR) is 130 cm³/mol. The minimum atomic E-state index is -4.36. The van der Waals surface area contributed by atoms with Gasteiger partial charge in [-0.1, -0.05) is 46.7 Å². The fraction of sp³-hybridized carbons (Fsp3) is 0.269. The van der Waals surface area contributed by atoms with Crippen molar-refractivity contribution in [1.29, 1.82) is 0 Å². The summed E-state index contributed by atoms with van der Waals surface area (Å²) in [7, 11) is 0. The van der Waals surface area contributed by atoms with E-state index in [1.807, 2.05) is 36.4 Å². The van der Waals surface area contributed by atoms with Gasteiger partial charge in [-0.25, -0.2) is 0 Å². The number of guanidine groups is 1. The van der Waals surface area contributed by atoms with E-state index in [0.717, 1.165) is 41.3 Å². The van der Waals surface area contributed by atoms with Crippen molar-refractivity contribution >= 4 is 16.7 Å². The average Bonchev–Trinajstić information content (AvgIpc) is 3.58. The molecule has 8 nitrogen and oxygen atoms in total. The Morgan fingerprint density at radius 3 is 2.76 bits per heavy atom. The molecule has 0 aliphatic carbocycles. The number of oxime groups is 1. The normalized spacial score (nSPS) is 16.5. The fourth-order valence-corrected chi connectivity index (χ4v) is 4.49. The number of likely N-dealkylation sites (tertiary alicyclic amines) is 1. The summed E-state index contributed by atoms with van der Waals surface area (Å²) in [5.41, 5.74) is 6.44. The first kappa shape index (κ1) is 24.4. The van der Waals surface area contributed by atoms with E-state index in [4.69, 9.17) is 20.2 Å². The van der Waals surface area contributed by atoms with Gasteiger partial charge in [0.15, 0.2) is 0 Å². The molecule has 2 heterocycles. The average molecular weight is 512 g/mol. The van der Waals surface area contributed by atoms with Crippen LogP contribution in [0.5, 0.6) is 5.75 Å². The summed E-state index contributed by atoms with van der Waals surface area (Å²) in [5, 5.41) is 18.1. The van der Waals surface area contributed by atoms with Crippen molar-refractivity contribution in [2.75, 3.05) is 13.2 Å². The van der Waals surface area contributed by atoms with Crippen molar-refractivity contribution in [3.8, 4) is 17.1 Å². The maximum Gasteiger partial charge on any atom is 0.416 e. The topological polar surface area (TPSA) is 110 Å². The van der Waals surface area contributed by atoms with Gasteiger partial charge >= 0.3 is 6.18 Å². The van der Waals surface area contributed by atoms with Gasteiger partial charge in [0.05, 0.1) is 12.2 Å². The Labute approximate surface area is 210 Å². The van der Waals surface area contributed by atoms with Crippen molar-refractivity contribution in [1.82, 2.24) is 15.0 Å². The SMILES string of the molecule is N/C(=N\O)N1CCC[C@H]1c1nc(-c2ccc3cc(OCCc4cccc(C(F)(F)F)c4)ccc3c2)no1.